The van der Waals surface area contributed by atoms with E-state index in [4.69, 9.17) is 9.15 Å². The Kier molecular flexibility index (Phi) is 4.47. The molecule has 1 saturated carbocycles. The number of aryl methyl sites for hydroxylation is 1. The highest BCUT2D eigenvalue weighted by molar-refractivity contribution is 5.98. The van der Waals surface area contributed by atoms with Crippen LogP contribution < -0.4 is 9.64 Å². The van der Waals surface area contributed by atoms with Gasteiger partial charge in [-0.3, -0.25) is 14.5 Å². The van der Waals surface area contributed by atoms with Gasteiger partial charge in [-0.15, -0.1) is 0 Å². The number of furan rings is 1. The van der Waals surface area contributed by atoms with Gasteiger partial charge in [0.05, 0.1) is 12.2 Å². The molecule has 2 amide bonds. The predicted octanol–water partition coefficient (Wildman–Crippen LogP) is 4.55. The summed E-state index contributed by atoms with van der Waals surface area (Å²) in [6.45, 7) is 9.95. The van der Waals surface area contributed by atoms with Crippen LogP contribution in [0.2, 0.25) is 0 Å². The molecule has 31 heavy (non-hydrogen) atoms. The number of likely N-dealkylation sites (tertiary alicyclic amines) is 1. The molecule has 3 aliphatic rings. The molecule has 3 heterocycles. The van der Waals surface area contributed by atoms with Crippen molar-refractivity contribution in [3.05, 3.63) is 47.4 Å². The van der Waals surface area contributed by atoms with E-state index in [-0.39, 0.29) is 41.8 Å². The number of carbonyl (C=O) groups is 2. The second kappa shape index (κ2) is 6.87. The number of carbonyl (C=O) groups excluding carboxylic acids is 2. The fourth-order valence-corrected chi connectivity index (χ4v) is 6.06. The van der Waals surface area contributed by atoms with Crippen LogP contribution in [0.25, 0.3) is 0 Å². The minimum absolute atomic E-state index is 0.00633. The molecule has 0 spiro atoms. The third-order valence-electron chi connectivity index (χ3n) is 6.92. The molecule has 6 heteroatoms. The van der Waals surface area contributed by atoms with Crippen molar-refractivity contribution in [2.75, 3.05) is 18.1 Å². The quantitative estimate of drug-likeness (QED) is 0.728. The Morgan fingerprint density at radius 1 is 1.16 bits per heavy atom. The molecule has 2 bridgehead atoms. The van der Waals surface area contributed by atoms with Gasteiger partial charge in [-0.2, -0.15) is 0 Å². The van der Waals surface area contributed by atoms with Crippen molar-refractivity contribution in [3.8, 4) is 5.75 Å². The van der Waals surface area contributed by atoms with Crippen LogP contribution in [0.1, 0.15) is 61.9 Å². The van der Waals surface area contributed by atoms with E-state index >= 15 is 0 Å². The van der Waals surface area contributed by atoms with Gasteiger partial charge in [-0.1, -0.05) is 26.8 Å². The highest BCUT2D eigenvalue weighted by Crippen LogP contribution is 2.52. The Morgan fingerprint density at radius 3 is 2.77 bits per heavy atom. The summed E-state index contributed by atoms with van der Waals surface area (Å²) in [5, 5.41) is 0. The minimum atomic E-state index is -0.120. The fraction of sp³-hybridized carbons (Fsp3) is 0.520. The normalized spacial score (nSPS) is 26.6. The summed E-state index contributed by atoms with van der Waals surface area (Å²) in [5.41, 5.74) is 2.22. The molecule has 1 aromatic heterocycles. The molecule has 2 atom stereocenters. The SMILES string of the molecule is Cc1ccc2c(c1)N(Cc1ccc(C(=O)N3CC4(C)CC3CC(C)(C)C4)o1)C(=O)CO2. The number of benzene rings is 1. The van der Waals surface area contributed by atoms with Crippen molar-refractivity contribution < 1.29 is 18.7 Å². The van der Waals surface area contributed by atoms with E-state index in [9.17, 15) is 9.59 Å². The molecule has 2 aliphatic heterocycles. The summed E-state index contributed by atoms with van der Waals surface area (Å²) >= 11 is 0. The van der Waals surface area contributed by atoms with Crippen molar-refractivity contribution in [3.63, 3.8) is 0 Å². The molecule has 0 N–H and O–H groups in total. The van der Waals surface area contributed by atoms with Crippen LogP contribution in [-0.4, -0.2) is 35.9 Å². The molecular weight excluding hydrogens is 392 g/mol. The van der Waals surface area contributed by atoms with Crippen molar-refractivity contribution in [2.24, 2.45) is 10.8 Å². The van der Waals surface area contributed by atoms with Gasteiger partial charge in [0.15, 0.2) is 12.4 Å². The van der Waals surface area contributed by atoms with Gasteiger partial charge in [0.1, 0.15) is 11.5 Å². The van der Waals surface area contributed by atoms with Gasteiger partial charge < -0.3 is 14.1 Å². The van der Waals surface area contributed by atoms with Gasteiger partial charge in [0.25, 0.3) is 11.8 Å². The van der Waals surface area contributed by atoms with Gasteiger partial charge >= 0.3 is 0 Å². The van der Waals surface area contributed by atoms with Gasteiger partial charge in [0, 0.05) is 12.6 Å². The summed E-state index contributed by atoms with van der Waals surface area (Å²) in [5.74, 6) is 1.48. The predicted molar refractivity (Wildman–Crippen MR) is 117 cm³/mol. The Hall–Kier alpha value is -2.76. The zero-order valence-corrected chi connectivity index (χ0v) is 18.7. The number of fused-ring (bicyclic) bond motifs is 3. The van der Waals surface area contributed by atoms with E-state index in [1.54, 1.807) is 17.0 Å². The molecular formula is C25H30N2O4. The first-order valence-corrected chi connectivity index (χ1v) is 11.1. The third kappa shape index (κ3) is 3.62. The van der Waals surface area contributed by atoms with E-state index in [0.29, 0.717) is 17.3 Å². The minimum Gasteiger partial charge on any atom is -0.482 e. The van der Waals surface area contributed by atoms with E-state index in [1.807, 2.05) is 30.0 Å². The van der Waals surface area contributed by atoms with Gasteiger partial charge in [-0.25, -0.2) is 0 Å². The molecule has 1 saturated heterocycles. The molecule has 5 rings (SSSR count). The second-order valence-electron chi connectivity index (χ2n) is 10.7. The van der Waals surface area contributed by atoms with E-state index in [2.05, 4.69) is 20.8 Å². The highest BCUT2D eigenvalue weighted by Gasteiger charge is 2.51. The average molecular weight is 423 g/mol. The monoisotopic (exact) mass is 422 g/mol. The van der Waals surface area contributed by atoms with Crippen LogP contribution in [-0.2, 0) is 11.3 Å². The first kappa shape index (κ1) is 20.2. The summed E-state index contributed by atoms with van der Waals surface area (Å²) in [7, 11) is 0. The molecule has 164 valence electrons. The Labute approximate surface area is 183 Å². The number of hydrogen-bond donors (Lipinski definition) is 0. The van der Waals surface area contributed by atoms with Crippen LogP contribution in [0.3, 0.4) is 0 Å². The lowest BCUT2D eigenvalue weighted by molar-refractivity contribution is -0.121. The topological polar surface area (TPSA) is 63.0 Å². The zero-order chi connectivity index (χ0) is 22.0. The van der Waals surface area contributed by atoms with Crippen LogP contribution in [0, 0.1) is 17.8 Å². The summed E-state index contributed by atoms with van der Waals surface area (Å²) in [6.07, 6.45) is 3.23. The lowest BCUT2D eigenvalue weighted by Crippen LogP contribution is -2.38. The maximum absolute atomic E-state index is 13.3. The molecule has 6 nitrogen and oxygen atoms in total. The van der Waals surface area contributed by atoms with Crippen molar-refractivity contribution in [1.29, 1.82) is 0 Å². The maximum atomic E-state index is 13.3. The standard InChI is InChI=1S/C25H30N2O4/c1-16-5-7-20-19(9-16)26(22(28)13-30-20)12-18-6-8-21(31-18)23(29)27-15-25(4)11-17(27)10-24(2,3)14-25/h5-9,17H,10-15H2,1-4H3. The highest BCUT2D eigenvalue weighted by atomic mass is 16.5. The lowest BCUT2D eigenvalue weighted by atomic mass is 9.65. The molecule has 1 aromatic carbocycles. The van der Waals surface area contributed by atoms with Crippen molar-refractivity contribution in [1.82, 2.24) is 4.90 Å². The first-order valence-electron chi connectivity index (χ1n) is 11.1. The van der Waals surface area contributed by atoms with Gasteiger partial charge in [-0.05, 0) is 66.8 Å². The van der Waals surface area contributed by atoms with Gasteiger partial charge in [0.2, 0.25) is 0 Å². The number of hydrogen-bond acceptors (Lipinski definition) is 4. The fourth-order valence-electron chi connectivity index (χ4n) is 6.06. The third-order valence-corrected chi connectivity index (χ3v) is 6.92. The first-order chi connectivity index (χ1) is 14.6. The Bertz CT molecular complexity index is 1060. The van der Waals surface area contributed by atoms with Crippen LogP contribution in [0.15, 0.2) is 34.7 Å². The van der Waals surface area contributed by atoms with E-state index in [0.717, 1.165) is 37.1 Å². The van der Waals surface area contributed by atoms with E-state index in [1.165, 1.54) is 0 Å². The second-order valence-corrected chi connectivity index (χ2v) is 10.7. The number of ether oxygens (including phenoxy) is 1. The van der Waals surface area contributed by atoms with Crippen LogP contribution in [0.5, 0.6) is 5.75 Å². The van der Waals surface area contributed by atoms with Crippen LogP contribution in [0.4, 0.5) is 5.69 Å². The smallest absolute Gasteiger partial charge is 0.289 e. The maximum Gasteiger partial charge on any atom is 0.289 e. The zero-order valence-electron chi connectivity index (χ0n) is 18.7. The molecule has 2 aromatic rings. The average Bonchev–Trinajstić information content (AvgIpc) is 3.24. The number of nitrogens with zero attached hydrogens (tertiary/aromatic N) is 2. The Morgan fingerprint density at radius 2 is 1.97 bits per heavy atom. The number of amides is 2. The molecule has 0 radical (unpaired) electrons. The number of anilines is 1. The molecule has 1 aliphatic carbocycles. The van der Waals surface area contributed by atoms with Crippen LogP contribution >= 0.6 is 0 Å². The summed E-state index contributed by atoms with van der Waals surface area (Å²) in [6, 6.07) is 9.60. The lowest BCUT2D eigenvalue weighted by Gasteiger charge is -2.39. The molecule has 2 unspecified atom stereocenters. The van der Waals surface area contributed by atoms with Crippen molar-refractivity contribution >= 4 is 17.5 Å². The largest absolute Gasteiger partial charge is 0.482 e. The van der Waals surface area contributed by atoms with E-state index < -0.39 is 0 Å². The Balaban J connectivity index is 1.35. The summed E-state index contributed by atoms with van der Waals surface area (Å²) < 4.78 is 11.5. The summed E-state index contributed by atoms with van der Waals surface area (Å²) in [4.78, 5) is 29.5. The number of rotatable bonds is 3. The molecule has 2 fully saturated rings. The van der Waals surface area contributed by atoms with Crippen molar-refractivity contribution in [2.45, 2.75) is 59.5 Å².